The van der Waals surface area contributed by atoms with Crippen molar-refractivity contribution in [1.82, 2.24) is 4.98 Å². The van der Waals surface area contributed by atoms with Crippen molar-refractivity contribution in [3.63, 3.8) is 0 Å². The molecule has 2 nitrogen and oxygen atoms in total. The van der Waals surface area contributed by atoms with Crippen LogP contribution in [0.2, 0.25) is 0 Å². The van der Waals surface area contributed by atoms with Crippen LogP contribution in [-0.4, -0.2) is 11.0 Å². The van der Waals surface area contributed by atoms with Crippen LogP contribution < -0.4 is 5.32 Å². The molecule has 1 N–H and O–H groups in total. The van der Waals surface area contributed by atoms with Gasteiger partial charge in [0.25, 0.3) is 0 Å². The van der Waals surface area contributed by atoms with Gasteiger partial charge in [-0.25, -0.2) is 4.98 Å². The first-order valence-corrected chi connectivity index (χ1v) is 5.03. The molecular weight excluding hydrogens is 172 g/mol. The van der Waals surface area contributed by atoms with Crippen LogP contribution in [0, 0.1) is 6.92 Å². The van der Waals surface area contributed by atoms with Gasteiger partial charge in [-0.3, -0.25) is 0 Å². The maximum atomic E-state index is 4.29. The maximum absolute atomic E-state index is 4.29. The second-order valence-corrected chi connectivity index (χ2v) is 3.58. The predicted octanol–water partition coefficient (Wildman–Crippen LogP) is 3.16. The Hall–Kier alpha value is -1.31. The molecule has 1 atom stereocenters. The van der Waals surface area contributed by atoms with Crippen molar-refractivity contribution in [2.75, 3.05) is 5.32 Å². The Morgan fingerprint density at radius 1 is 1.64 bits per heavy atom. The van der Waals surface area contributed by atoms with Crippen molar-refractivity contribution in [3.05, 3.63) is 36.5 Å². The van der Waals surface area contributed by atoms with E-state index >= 15 is 0 Å². The van der Waals surface area contributed by atoms with Gasteiger partial charge in [-0.05, 0) is 38.3 Å². The quantitative estimate of drug-likeness (QED) is 0.721. The fraction of sp³-hybridized carbons (Fsp3) is 0.417. The van der Waals surface area contributed by atoms with Crippen LogP contribution in [0.5, 0.6) is 0 Å². The van der Waals surface area contributed by atoms with Crippen LogP contribution in [0.4, 0.5) is 5.82 Å². The fourth-order valence-electron chi connectivity index (χ4n) is 1.31. The minimum absolute atomic E-state index is 0.446. The molecule has 1 aromatic rings. The third-order valence-electron chi connectivity index (χ3n) is 2.20. The highest BCUT2D eigenvalue weighted by Gasteiger charge is 2.03. The molecule has 0 amide bonds. The number of allylic oxidation sites excluding steroid dienone is 1. The molecule has 1 unspecified atom stereocenters. The lowest BCUT2D eigenvalue weighted by Gasteiger charge is -2.14. The zero-order valence-electron chi connectivity index (χ0n) is 8.96. The van der Waals surface area contributed by atoms with Gasteiger partial charge in [0.2, 0.25) is 0 Å². The van der Waals surface area contributed by atoms with Crippen LogP contribution in [0.1, 0.15) is 25.3 Å². The van der Waals surface area contributed by atoms with Crippen molar-refractivity contribution >= 4 is 5.82 Å². The molecule has 1 heterocycles. The molecule has 2 heteroatoms. The minimum atomic E-state index is 0.446. The first-order chi connectivity index (χ1) is 6.74. The number of nitrogens with one attached hydrogen (secondary N) is 1. The molecule has 1 rings (SSSR count). The molecule has 0 fully saturated rings. The molecule has 76 valence electrons. The molecule has 0 bridgehead atoms. The van der Waals surface area contributed by atoms with Gasteiger partial charge in [0.05, 0.1) is 0 Å². The Balaban J connectivity index is 2.51. The van der Waals surface area contributed by atoms with E-state index in [0.717, 1.165) is 18.7 Å². The summed E-state index contributed by atoms with van der Waals surface area (Å²) in [6, 6.07) is 4.46. The van der Waals surface area contributed by atoms with Crippen molar-refractivity contribution in [1.29, 1.82) is 0 Å². The van der Waals surface area contributed by atoms with E-state index in [-0.39, 0.29) is 0 Å². The number of aromatic nitrogens is 1. The Morgan fingerprint density at radius 2 is 2.43 bits per heavy atom. The summed E-state index contributed by atoms with van der Waals surface area (Å²) in [6.45, 7) is 7.94. The number of rotatable bonds is 5. The molecule has 1 aromatic heterocycles. The molecule has 0 aliphatic heterocycles. The Labute approximate surface area is 86.1 Å². The van der Waals surface area contributed by atoms with Gasteiger partial charge in [0.15, 0.2) is 0 Å². The Bertz CT molecular complexity index is 294. The van der Waals surface area contributed by atoms with Gasteiger partial charge >= 0.3 is 0 Å². The van der Waals surface area contributed by atoms with Gasteiger partial charge < -0.3 is 5.32 Å². The molecule has 14 heavy (non-hydrogen) atoms. The van der Waals surface area contributed by atoms with Crippen molar-refractivity contribution in [2.24, 2.45) is 0 Å². The zero-order valence-corrected chi connectivity index (χ0v) is 8.96. The molecule has 0 saturated heterocycles. The minimum Gasteiger partial charge on any atom is -0.367 e. The van der Waals surface area contributed by atoms with Gasteiger partial charge in [-0.1, -0.05) is 12.1 Å². The summed E-state index contributed by atoms with van der Waals surface area (Å²) in [5.74, 6) is 0.990. The van der Waals surface area contributed by atoms with E-state index in [0.29, 0.717) is 6.04 Å². The number of hydrogen-bond acceptors (Lipinski definition) is 2. The summed E-state index contributed by atoms with van der Waals surface area (Å²) in [7, 11) is 0. The summed E-state index contributed by atoms with van der Waals surface area (Å²) in [6.07, 6.45) is 5.90. The summed E-state index contributed by atoms with van der Waals surface area (Å²) in [4.78, 5) is 4.29. The average Bonchev–Trinajstić information content (AvgIpc) is 2.18. The number of pyridine rings is 1. The molecule has 0 aliphatic carbocycles. The standard InChI is InChI=1S/C12H18N2/c1-4-5-8-11(3)14-12-10(2)7-6-9-13-12/h4,6-7,9,11H,1,5,8H2,2-3H3,(H,13,14). The highest BCUT2D eigenvalue weighted by molar-refractivity contribution is 5.43. The third-order valence-corrected chi connectivity index (χ3v) is 2.20. The molecule has 0 aliphatic rings. The van der Waals surface area contributed by atoms with Crippen LogP contribution >= 0.6 is 0 Å². The largest absolute Gasteiger partial charge is 0.367 e. The van der Waals surface area contributed by atoms with Crippen LogP contribution in [0.3, 0.4) is 0 Å². The van der Waals surface area contributed by atoms with E-state index in [1.807, 2.05) is 18.3 Å². The van der Waals surface area contributed by atoms with Crippen LogP contribution in [0.15, 0.2) is 31.0 Å². The first kappa shape index (κ1) is 10.8. The van der Waals surface area contributed by atoms with E-state index in [2.05, 4.69) is 36.8 Å². The Morgan fingerprint density at radius 3 is 3.07 bits per heavy atom. The normalized spacial score (nSPS) is 12.1. The van der Waals surface area contributed by atoms with E-state index in [4.69, 9.17) is 0 Å². The second kappa shape index (κ2) is 5.43. The molecule has 0 saturated carbocycles. The third kappa shape index (κ3) is 3.21. The van der Waals surface area contributed by atoms with E-state index in [1.165, 1.54) is 5.56 Å². The van der Waals surface area contributed by atoms with Crippen LogP contribution in [-0.2, 0) is 0 Å². The topological polar surface area (TPSA) is 24.9 Å². The summed E-state index contributed by atoms with van der Waals surface area (Å²) in [5.41, 5.74) is 1.19. The lowest BCUT2D eigenvalue weighted by atomic mass is 10.1. The summed E-state index contributed by atoms with van der Waals surface area (Å²) >= 11 is 0. The van der Waals surface area contributed by atoms with E-state index in [1.54, 1.807) is 0 Å². The van der Waals surface area contributed by atoms with Crippen molar-refractivity contribution in [3.8, 4) is 0 Å². The van der Waals surface area contributed by atoms with Crippen molar-refractivity contribution in [2.45, 2.75) is 32.7 Å². The second-order valence-electron chi connectivity index (χ2n) is 3.58. The van der Waals surface area contributed by atoms with Gasteiger partial charge in [-0.15, -0.1) is 6.58 Å². The average molecular weight is 190 g/mol. The number of anilines is 1. The zero-order chi connectivity index (χ0) is 10.4. The van der Waals surface area contributed by atoms with E-state index in [9.17, 15) is 0 Å². The van der Waals surface area contributed by atoms with Gasteiger partial charge in [-0.2, -0.15) is 0 Å². The monoisotopic (exact) mass is 190 g/mol. The smallest absolute Gasteiger partial charge is 0.129 e. The maximum Gasteiger partial charge on any atom is 0.129 e. The Kier molecular flexibility index (Phi) is 4.17. The number of hydrogen-bond donors (Lipinski definition) is 1. The van der Waals surface area contributed by atoms with Gasteiger partial charge in [0.1, 0.15) is 5.82 Å². The first-order valence-electron chi connectivity index (χ1n) is 5.03. The highest BCUT2D eigenvalue weighted by atomic mass is 15.0. The molecule has 0 aromatic carbocycles. The molecular formula is C12H18N2. The summed E-state index contributed by atoms with van der Waals surface area (Å²) in [5, 5.41) is 3.39. The lowest BCUT2D eigenvalue weighted by molar-refractivity contribution is 0.714. The SMILES string of the molecule is C=CCCC(C)Nc1ncccc1C. The van der Waals surface area contributed by atoms with Crippen molar-refractivity contribution < 1.29 is 0 Å². The van der Waals surface area contributed by atoms with Crippen LogP contribution in [0.25, 0.3) is 0 Å². The number of nitrogens with zero attached hydrogens (tertiary/aromatic N) is 1. The van der Waals surface area contributed by atoms with Gasteiger partial charge in [0, 0.05) is 12.2 Å². The van der Waals surface area contributed by atoms with E-state index < -0.39 is 0 Å². The lowest BCUT2D eigenvalue weighted by Crippen LogP contribution is -2.16. The number of aryl methyl sites for hydroxylation is 1. The molecule has 0 spiro atoms. The highest BCUT2D eigenvalue weighted by Crippen LogP contribution is 2.12. The fourth-order valence-corrected chi connectivity index (χ4v) is 1.31. The predicted molar refractivity (Wildman–Crippen MR) is 61.5 cm³/mol. The summed E-state index contributed by atoms with van der Waals surface area (Å²) < 4.78 is 0. The molecule has 0 radical (unpaired) electrons.